The lowest BCUT2D eigenvalue weighted by molar-refractivity contribution is -0.0472. The van der Waals surface area contributed by atoms with E-state index in [0.29, 0.717) is 0 Å². The summed E-state index contributed by atoms with van der Waals surface area (Å²) in [6, 6.07) is 0. The van der Waals surface area contributed by atoms with E-state index < -0.39 is 72.3 Å². The molecule has 0 spiro atoms. The van der Waals surface area contributed by atoms with Crippen LogP contribution in [0.25, 0.3) is 22.3 Å². The fourth-order valence-electron chi connectivity index (χ4n) is 5.28. The Bertz CT molecular complexity index is 1980. The summed E-state index contributed by atoms with van der Waals surface area (Å²) >= 11 is 4.08. The van der Waals surface area contributed by atoms with Gasteiger partial charge in [0, 0.05) is 13.0 Å². The van der Waals surface area contributed by atoms with Gasteiger partial charge in [0.2, 0.25) is 5.95 Å². The van der Waals surface area contributed by atoms with Gasteiger partial charge in [0.1, 0.15) is 30.2 Å². The van der Waals surface area contributed by atoms with Gasteiger partial charge in [0.05, 0.1) is 25.4 Å². The van der Waals surface area contributed by atoms with Gasteiger partial charge >= 0.3 is 17.1 Å². The van der Waals surface area contributed by atoms with Gasteiger partial charge in [-0.3, -0.25) is 28.0 Å². The number of anilines is 2. The number of H-pyrrole nitrogens is 1. The summed E-state index contributed by atoms with van der Waals surface area (Å²) in [6.45, 7) is -5.28. The summed E-state index contributed by atoms with van der Waals surface area (Å²) in [6.07, 6.45) is -6.28. The van der Waals surface area contributed by atoms with E-state index >= 15 is 4.39 Å². The van der Waals surface area contributed by atoms with Crippen molar-refractivity contribution < 1.29 is 40.1 Å². The van der Waals surface area contributed by atoms with Gasteiger partial charge in [0.25, 0.3) is 5.56 Å². The first kappa shape index (κ1) is 29.4. The predicted molar refractivity (Wildman–Crippen MR) is 149 cm³/mol. The van der Waals surface area contributed by atoms with E-state index in [1.54, 1.807) is 0 Å². The Morgan fingerprint density at radius 3 is 2.59 bits per heavy atom. The molecule has 3 aliphatic rings. The summed E-state index contributed by atoms with van der Waals surface area (Å²) in [5.41, 5.74) is 11.2. The molecule has 236 valence electrons. The average Bonchev–Trinajstić information content (AvgIpc) is 3.72. The highest BCUT2D eigenvalue weighted by Crippen LogP contribution is 2.57. The molecule has 0 aromatic carbocycles. The molecule has 0 aliphatic carbocycles. The van der Waals surface area contributed by atoms with Gasteiger partial charge in [0.15, 0.2) is 41.3 Å². The van der Waals surface area contributed by atoms with Crippen LogP contribution in [0.4, 0.5) is 16.2 Å². The van der Waals surface area contributed by atoms with E-state index in [1.807, 2.05) is 0 Å². The van der Waals surface area contributed by atoms with Crippen LogP contribution in [-0.4, -0.2) is 91.2 Å². The van der Waals surface area contributed by atoms with Crippen molar-refractivity contribution >= 4 is 63.4 Å². The van der Waals surface area contributed by atoms with Crippen LogP contribution in [0.5, 0.6) is 0 Å². The van der Waals surface area contributed by atoms with Gasteiger partial charge < -0.3 is 20.9 Å². The lowest BCUT2D eigenvalue weighted by Gasteiger charge is -2.25. The maximum Gasteiger partial charge on any atom is 0.386 e. The van der Waals surface area contributed by atoms with Crippen LogP contribution in [0, 0.1) is 0 Å². The molecule has 7 rings (SSSR count). The van der Waals surface area contributed by atoms with Crippen molar-refractivity contribution in [3.63, 3.8) is 0 Å². The standard InChI is InChI=1S/C20H23FN11O9PS2/c21-10-13-9(39-19(10)31-5-26-11-14(22)24-4-25-15(11)31)3-37-42(34,43)40-8-1-7(2-28-44(35,36)41-13)38-18(8)32-6-27-12-16(32)29-20(23)30-17(12)33/h4-10,13,18-19,28H,1-3H2,(H,34,43)(H2,22,24,25)(H3,23,29,30,33)/t7-,8+,9+,10+,13+,18+,19+,42+/m0/s1. The SMILES string of the molecule is Nc1nc2c(ncn2[C@@H]2O[C@@H]3CNS(=O)(=O)O[C@H]4[C@@H](F)[C@H](n5cnc6c(N)ncnc65)O[C@@H]4CO[P@@](=O)(S)O[C@@H]2C3)c(=O)[nH]1. The minimum absolute atomic E-state index is 0.0185. The Balaban J connectivity index is 1.19. The summed E-state index contributed by atoms with van der Waals surface area (Å²) in [5, 5.41) is 0. The van der Waals surface area contributed by atoms with Gasteiger partial charge in [-0.15, -0.1) is 0 Å². The molecule has 8 atom stereocenters. The number of imidazole rings is 2. The monoisotopic (exact) mass is 675 g/mol. The number of hydrogen-bond donors (Lipinski definition) is 5. The van der Waals surface area contributed by atoms with Crippen LogP contribution in [0.3, 0.4) is 0 Å². The third-order valence-corrected chi connectivity index (χ3v) is 9.83. The molecule has 0 radical (unpaired) electrons. The Hall–Kier alpha value is -3.28. The number of nitrogens with one attached hydrogen (secondary N) is 2. The maximum absolute atomic E-state index is 15.9. The quantitative estimate of drug-likeness (QED) is 0.130. The molecule has 3 saturated heterocycles. The van der Waals surface area contributed by atoms with Crippen molar-refractivity contribution in [2.24, 2.45) is 0 Å². The van der Waals surface area contributed by atoms with Crippen molar-refractivity contribution in [3.8, 4) is 0 Å². The van der Waals surface area contributed by atoms with Crippen LogP contribution in [-0.2, 0) is 37.6 Å². The second-order valence-electron chi connectivity index (χ2n) is 10.0. The van der Waals surface area contributed by atoms with Gasteiger partial charge in [-0.25, -0.2) is 33.1 Å². The van der Waals surface area contributed by atoms with E-state index in [-0.39, 0.29) is 47.1 Å². The summed E-state index contributed by atoms with van der Waals surface area (Å²) in [4.78, 5) is 34.7. The first-order valence-corrected chi connectivity index (χ1v) is 16.9. The summed E-state index contributed by atoms with van der Waals surface area (Å²) in [7, 11) is -4.62. The topological polar surface area (TPSA) is 269 Å². The molecular formula is C20H23FN11O9PS2. The van der Waals surface area contributed by atoms with Crippen molar-refractivity contribution in [1.29, 1.82) is 0 Å². The van der Waals surface area contributed by atoms with Crippen LogP contribution in [0.1, 0.15) is 18.9 Å². The molecule has 7 heterocycles. The maximum atomic E-state index is 15.9. The fourth-order valence-corrected chi connectivity index (χ4v) is 7.76. The molecule has 4 aromatic heterocycles. The lowest BCUT2D eigenvalue weighted by Crippen LogP contribution is -2.41. The fraction of sp³-hybridized carbons (Fsp3) is 0.500. The minimum Gasteiger partial charge on any atom is -0.382 e. The van der Waals surface area contributed by atoms with E-state index in [1.165, 1.54) is 21.8 Å². The van der Waals surface area contributed by atoms with Crippen molar-refractivity contribution in [3.05, 3.63) is 29.3 Å². The van der Waals surface area contributed by atoms with Crippen LogP contribution >= 0.6 is 19.0 Å². The number of ether oxygens (including phenoxy) is 2. The number of halogens is 1. The van der Waals surface area contributed by atoms with Crippen LogP contribution < -0.4 is 21.7 Å². The molecule has 2 bridgehead atoms. The Morgan fingerprint density at radius 2 is 1.80 bits per heavy atom. The highest BCUT2D eigenvalue weighted by atomic mass is 32.7. The third kappa shape index (κ3) is 5.22. The molecule has 44 heavy (non-hydrogen) atoms. The molecule has 3 aliphatic heterocycles. The molecule has 4 aromatic rings. The largest absolute Gasteiger partial charge is 0.386 e. The van der Waals surface area contributed by atoms with Crippen molar-refractivity contribution in [2.75, 3.05) is 24.6 Å². The number of fused-ring (bicyclic) bond motifs is 5. The number of thiol groups is 1. The van der Waals surface area contributed by atoms with Crippen LogP contribution in [0.15, 0.2) is 23.8 Å². The average molecular weight is 676 g/mol. The molecule has 0 saturated carbocycles. The van der Waals surface area contributed by atoms with Gasteiger partial charge in [-0.05, 0) is 0 Å². The molecule has 6 N–H and O–H groups in total. The van der Waals surface area contributed by atoms with E-state index in [0.717, 1.165) is 6.33 Å². The van der Waals surface area contributed by atoms with Crippen LogP contribution in [0.2, 0.25) is 0 Å². The number of hydrogen-bond acceptors (Lipinski definition) is 16. The zero-order valence-electron chi connectivity index (χ0n) is 22.0. The first-order valence-electron chi connectivity index (χ1n) is 12.8. The number of aromatic nitrogens is 8. The van der Waals surface area contributed by atoms with Crippen molar-refractivity contribution in [1.82, 2.24) is 43.8 Å². The Kier molecular flexibility index (Phi) is 7.13. The minimum atomic E-state index is -4.62. The predicted octanol–water partition coefficient (Wildman–Crippen LogP) is -0.680. The Labute approximate surface area is 250 Å². The zero-order valence-corrected chi connectivity index (χ0v) is 24.6. The second-order valence-corrected chi connectivity index (χ2v) is 14.3. The summed E-state index contributed by atoms with van der Waals surface area (Å²) < 4.78 is 88.3. The number of alkyl halides is 1. The number of nitrogen functional groups attached to an aromatic ring is 2. The molecule has 3 fully saturated rings. The highest BCUT2D eigenvalue weighted by Gasteiger charge is 2.51. The molecule has 0 unspecified atom stereocenters. The molecule has 0 amide bonds. The van der Waals surface area contributed by atoms with Gasteiger partial charge in [-0.2, -0.15) is 18.1 Å². The Morgan fingerprint density at radius 1 is 1.05 bits per heavy atom. The molecule has 24 heteroatoms. The molecule has 20 nitrogen and oxygen atoms in total. The van der Waals surface area contributed by atoms with E-state index in [2.05, 4.69) is 46.9 Å². The molecular weight excluding hydrogens is 652 g/mol. The number of rotatable bonds is 2. The number of nitrogens with two attached hydrogens (primary N) is 2. The zero-order chi connectivity index (χ0) is 31.0. The van der Waals surface area contributed by atoms with Crippen molar-refractivity contribution in [2.45, 2.75) is 49.5 Å². The van der Waals surface area contributed by atoms with E-state index in [4.69, 9.17) is 34.2 Å². The lowest BCUT2D eigenvalue weighted by atomic mass is 10.1. The first-order chi connectivity index (χ1) is 20.9. The van der Waals surface area contributed by atoms with E-state index in [9.17, 15) is 17.8 Å². The van der Waals surface area contributed by atoms with Gasteiger partial charge in [-0.1, -0.05) is 12.2 Å². The number of nitrogens with zero attached hydrogens (tertiary/aromatic N) is 7. The highest BCUT2D eigenvalue weighted by molar-refractivity contribution is 8.44. The number of aromatic amines is 1. The summed E-state index contributed by atoms with van der Waals surface area (Å²) in [5.74, 6) is -0.157. The third-order valence-electron chi connectivity index (χ3n) is 7.19. The smallest absolute Gasteiger partial charge is 0.382 e. The normalized spacial score (nSPS) is 34.4. The second kappa shape index (κ2) is 10.7.